The molecule has 2 aliphatic heterocycles. The van der Waals surface area contributed by atoms with Crippen molar-refractivity contribution in [2.75, 3.05) is 25.6 Å². The molecule has 0 aliphatic carbocycles. The van der Waals surface area contributed by atoms with Crippen LogP contribution in [0.5, 0.6) is 5.75 Å². The van der Waals surface area contributed by atoms with E-state index in [4.69, 9.17) is 33.3 Å². The van der Waals surface area contributed by atoms with Crippen LogP contribution < -0.4 is 15.4 Å². The van der Waals surface area contributed by atoms with Crippen LogP contribution in [-0.2, 0) is 9.53 Å². The van der Waals surface area contributed by atoms with Crippen LogP contribution in [0.3, 0.4) is 0 Å². The first-order valence-corrected chi connectivity index (χ1v) is 11.0. The Labute approximate surface area is 192 Å². The summed E-state index contributed by atoms with van der Waals surface area (Å²) in [6, 6.07) is 12.8. The normalized spacial score (nSPS) is 24.1. The van der Waals surface area contributed by atoms with E-state index in [0.717, 1.165) is 23.3 Å². The van der Waals surface area contributed by atoms with Crippen molar-refractivity contribution in [1.82, 2.24) is 10.2 Å². The number of carbonyl (C=O) groups is 1. The molecular formula is C23H26ClN3O3S. The molecule has 0 radical (unpaired) electrons. The number of methoxy groups -OCH3 is 1. The Hall–Kier alpha value is -2.35. The number of benzene rings is 2. The minimum Gasteiger partial charge on any atom is -0.467 e. The summed E-state index contributed by atoms with van der Waals surface area (Å²) in [6.45, 7) is 5.16. The summed E-state index contributed by atoms with van der Waals surface area (Å²) >= 11 is 11.7. The minimum atomic E-state index is -0.945. The SMILES string of the molecule is COCCCN1C(=S)N[C@@H]2c3cc(C)ccc3O[C@@]1(C)[C@@H]2C(=O)Nc1ccc(Cl)cc1. The van der Waals surface area contributed by atoms with Crippen molar-refractivity contribution in [2.45, 2.75) is 32.0 Å². The summed E-state index contributed by atoms with van der Waals surface area (Å²) in [6.07, 6.45) is 0.758. The Morgan fingerprint density at radius 3 is 2.77 bits per heavy atom. The highest BCUT2D eigenvalue weighted by Gasteiger charge is 2.58. The first-order valence-electron chi connectivity index (χ1n) is 10.3. The standard InChI is InChI=1S/C23H26ClN3O3S/c1-14-5-10-18-17(13-14)20-19(21(28)25-16-8-6-15(24)7-9-16)23(2,30-18)27(22(31)26-20)11-4-12-29-3/h5-10,13,19-20H,4,11-12H2,1-3H3,(H,25,28)(H,26,31)/t19-,20+,23-/m0/s1. The fraction of sp³-hybridized carbons (Fsp3) is 0.391. The lowest BCUT2D eigenvalue weighted by molar-refractivity contribution is -0.149. The third-order valence-electron chi connectivity index (χ3n) is 5.91. The molecule has 0 spiro atoms. The lowest BCUT2D eigenvalue weighted by Gasteiger charge is -2.56. The van der Waals surface area contributed by atoms with Gasteiger partial charge in [0.1, 0.15) is 11.7 Å². The van der Waals surface area contributed by atoms with E-state index in [1.165, 1.54) is 0 Å². The molecular weight excluding hydrogens is 434 g/mol. The van der Waals surface area contributed by atoms with Crippen LogP contribution in [0, 0.1) is 12.8 Å². The van der Waals surface area contributed by atoms with Gasteiger partial charge in [0.25, 0.3) is 0 Å². The number of thiocarbonyl (C=S) groups is 1. The zero-order valence-corrected chi connectivity index (χ0v) is 19.3. The van der Waals surface area contributed by atoms with E-state index in [1.54, 1.807) is 31.4 Å². The number of ether oxygens (including phenoxy) is 2. The quantitative estimate of drug-likeness (QED) is 0.496. The van der Waals surface area contributed by atoms with Crippen LogP contribution in [0.4, 0.5) is 5.69 Å². The number of hydrogen-bond acceptors (Lipinski definition) is 4. The molecule has 2 bridgehead atoms. The van der Waals surface area contributed by atoms with E-state index in [-0.39, 0.29) is 11.9 Å². The molecule has 1 amide bonds. The fourth-order valence-corrected chi connectivity index (χ4v) is 4.94. The lowest BCUT2D eigenvalue weighted by Crippen LogP contribution is -2.71. The number of fused-ring (bicyclic) bond motifs is 4. The van der Waals surface area contributed by atoms with E-state index in [2.05, 4.69) is 16.7 Å². The number of carbonyl (C=O) groups excluding carboxylic acids is 1. The summed E-state index contributed by atoms with van der Waals surface area (Å²) in [5.74, 6) is 0.0841. The van der Waals surface area contributed by atoms with Gasteiger partial charge in [-0.25, -0.2) is 0 Å². The van der Waals surface area contributed by atoms with Crippen molar-refractivity contribution in [3.63, 3.8) is 0 Å². The molecule has 6 nitrogen and oxygen atoms in total. The number of nitrogens with one attached hydrogen (secondary N) is 2. The van der Waals surface area contributed by atoms with E-state index < -0.39 is 11.6 Å². The molecule has 164 valence electrons. The zero-order chi connectivity index (χ0) is 22.2. The second-order valence-electron chi connectivity index (χ2n) is 8.10. The third kappa shape index (κ3) is 4.10. The van der Waals surface area contributed by atoms with Gasteiger partial charge in [0.05, 0.1) is 6.04 Å². The van der Waals surface area contributed by atoms with Gasteiger partial charge in [-0.1, -0.05) is 29.3 Å². The predicted octanol–water partition coefficient (Wildman–Crippen LogP) is 4.28. The number of rotatable bonds is 6. The van der Waals surface area contributed by atoms with Crippen molar-refractivity contribution in [3.8, 4) is 5.75 Å². The minimum absolute atomic E-state index is 0.145. The molecule has 1 saturated heterocycles. The van der Waals surface area contributed by atoms with Crippen molar-refractivity contribution in [2.24, 2.45) is 5.92 Å². The van der Waals surface area contributed by atoms with Gasteiger partial charge in [0.15, 0.2) is 10.8 Å². The van der Waals surface area contributed by atoms with Gasteiger partial charge >= 0.3 is 0 Å². The highest BCUT2D eigenvalue weighted by Crippen LogP contribution is 2.48. The van der Waals surface area contributed by atoms with E-state index in [1.807, 2.05) is 30.9 Å². The molecule has 3 atom stereocenters. The molecule has 2 heterocycles. The lowest BCUT2D eigenvalue weighted by atomic mass is 9.78. The predicted molar refractivity (Wildman–Crippen MR) is 125 cm³/mol. The molecule has 1 fully saturated rings. The van der Waals surface area contributed by atoms with Gasteiger partial charge in [-0.3, -0.25) is 4.79 Å². The van der Waals surface area contributed by atoms with Crippen LogP contribution in [0.1, 0.15) is 30.5 Å². The summed E-state index contributed by atoms with van der Waals surface area (Å²) in [5, 5.41) is 7.63. The maximum Gasteiger partial charge on any atom is 0.236 e. The van der Waals surface area contributed by atoms with Crippen molar-refractivity contribution in [3.05, 3.63) is 58.6 Å². The number of amides is 1. The largest absolute Gasteiger partial charge is 0.467 e. The first-order chi connectivity index (χ1) is 14.8. The Morgan fingerprint density at radius 2 is 2.06 bits per heavy atom. The maximum atomic E-state index is 13.6. The van der Waals surface area contributed by atoms with Crippen LogP contribution in [0.25, 0.3) is 0 Å². The Bertz CT molecular complexity index is 1000. The Balaban J connectivity index is 1.72. The van der Waals surface area contributed by atoms with Gasteiger partial charge < -0.3 is 25.0 Å². The van der Waals surface area contributed by atoms with Crippen LogP contribution in [0.15, 0.2) is 42.5 Å². The highest BCUT2D eigenvalue weighted by atomic mass is 35.5. The van der Waals surface area contributed by atoms with Gasteiger partial charge in [-0.05, 0) is 62.8 Å². The smallest absolute Gasteiger partial charge is 0.236 e. The summed E-state index contributed by atoms with van der Waals surface area (Å²) in [5.41, 5.74) is 1.77. The van der Waals surface area contributed by atoms with Crippen molar-refractivity contribution in [1.29, 1.82) is 0 Å². The van der Waals surface area contributed by atoms with E-state index >= 15 is 0 Å². The number of aryl methyl sites for hydroxylation is 1. The molecule has 2 aromatic rings. The summed E-state index contributed by atoms with van der Waals surface area (Å²) < 4.78 is 11.7. The molecule has 4 rings (SSSR count). The zero-order valence-electron chi connectivity index (χ0n) is 17.8. The van der Waals surface area contributed by atoms with Crippen molar-refractivity contribution < 1.29 is 14.3 Å². The third-order valence-corrected chi connectivity index (χ3v) is 6.50. The molecule has 0 saturated carbocycles. The van der Waals surface area contributed by atoms with Gasteiger partial charge in [-0.15, -0.1) is 0 Å². The number of hydrogen-bond donors (Lipinski definition) is 2. The topological polar surface area (TPSA) is 62.8 Å². The van der Waals surface area contributed by atoms with Gasteiger partial charge in [-0.2, -0.15) is 0 Å². The second-order valence-corrected chi connectivity index (χ2v) is 8.92. The first kappa shape index (κ1) is 21.9. The molecule has 2 aliphatic rings. The van der Waals surface area contributed by atoms with E-state index in [0.29, 0.717) is 29.0 Å². The summed E-state index contributed by atoms with van der Waals surface area (Å²) in [4.78, 5) is 15.6. The Kier molecular flexibility index (Phi) is 6.10. The highest BCUT2D eigenvalue weighted by molar-refractivity contribution is 7.80. The number of nitrogens with zero attached hydrogens (tertiary/aromatic N) is 1. The van der Waals surface area contributed by atoms with Crippen LogP contribution in [-0.4, -0.2) is 41.9 Å². The monoisotopic (exact) mass is 459 g/mol. The molecule has 0 unspecified atom stereocenters. The molecule has 2 N–H and O–H groups in total. The molecule has 2 aromatic carbocycles. The summed E-state index contributed by atoms with van der Waals surface area (Å²) in [7, 11) is 1.67. The van der Waals surface area contributed by atoms with E-state index in [9.17, 15) is 4.79 Å². The van der Waals surface area contributed by atoms with Crippen LogP contribution in [0.2, 0.25) is 5.02 Å². The second kappa shape index (κ2) is 8.65. The molecule has 0 aromatic heterocycles. The molecule has 8 heteroatoms. The fourth-order valence-electron chi connectivity index (χ4n) is 4.41. The average molecular weight is 460 g/mol. The van der Waals surface area contributed by atoms with Gasteiger partial charge in [0.2, 0.25) is 5.91 Å². The van der Waals surface area contributed by atoms with Gasteiger partial charge in [0, 0.05) is 36.5 Å². The van der Waals surface area contributed by atoms with Crippen LogP contribution >= 0.6 is 23.8 Å². The average Bonchev–Trinajstić information content (AvgIpc) is 2.72. The van der Waals surface area contributed by atoms with Crippen molar-refractivity contribution >= 4 is 40.5 Å². The maximum absolute atomic E-state index is 13.6. The Morgan fingerprint density at radius 1 is 1.32 bits per heavy atom. The molecule has 31 heavy (non-hydrogen) atoms. The number of halogens is 1. The number of anilines is 1.